The number of piperidine rings is 3. The first-order chi connectivity index (χ1) is 15.6. The number of carbonyl (C=O) groups excluding carboxylic acids is 1. The van der Waals surface area contributed by atoms with Gasteiger partial charge in [-0.15, -0.1) is 11.3 Å². The third kappa shape index (κ3) is 4.11. The van der Waals surface area contributed by atoms with Gasteiger partial charge in [-0.2, -0.15) is 0 Å². The number of thiophene rings is 1. The number of hydrogen-bond acceptors (Lipinski definition) is 6. The van der Waals surface area contributed by atoms with Crippen LogP contribution in [0.2, 0.25) is 0 Å². The lowest BCUT2D eigenvalue weighted by Crippen LogP contribution is -2.55. The predicted molar refractivity (Wildman–Crippen MR) is 126 cm³/mol. The minimum atomic E-state index is -0.348. The zero-order valence-corrected chi connectivity index (χ0v) is 19.1. The van der Waals surface area contributed by atoms with Gasteiger partial charge in [0.05, 0.1) is 23.5 Å². The zero-order chi connectivity index (χ0) is 22.1. The van der Waals surface area contributed by atoms with Crippen molar-refractivity contribution in [3.63, 3.8) is 0 Å². The van der Waals surface area contributed by atoms with Crippen LogP contribution in [0.3, 0.4) is 0 Å². The van der Waals surface area contributed by atoms with E-state index in [1.54, 1.807) is 24.6 Å². The minimum absolute atomic E-state index is 0.134. The van der Waals surface area contributed by atoms with E-state index >= 15 is 0 Å². The fourth-order valence-corrected chi connectivity index (χ4v) is 5.69. The van der Waals surface area contributed by atoms with Crippen LogP contribution in [0.4, 0.5) is 0 Å². The van der Waals surface area contributed by atoms with Gasteiger partial charge in [-0.25, -0.2) is 0 Å². The highest BCUT2D eigenvalue weighted by Crippen LogP contribution is 2.43. The SMILES string of the molecule is COc1ccc2nccc([C@H](OC(C)=O)[C@H]3C[C@@H]4CCN3C[C@@H]4C#Cc3cccs3)c2c1. The van der Waals surface area contributed by atoms with Gasteiger partial charge >= 0.3 is 5.97 Å². The van der Waals surface area contributed by atoms with Gasteiger partial charge in [-0.1, -0.05) is 17.9 Å². The largest absolute Gasteiger partial charge is 0.497 e. The lowest BCUT2D eigenvalue weighted by atomic mass is 9.73. The standard InChI is InChI=1S/C26H26N2O3S/c1-17(29)31-26(22-9-11-27-24-8-6-20(30-2)15-23(22)24)25-14-18-10-12-28(25)16-19(18)5-7-21-4-3-13-32-21/h3-4,6,8-9,11,13,15,18-19,25-26H,10,12,14,16H2,1-2H3/t18-,19-,25+,26-/m0/s1. The molecule has 0 amide bonds. The molecule has 3 aliphatic rings. The molecule has 3 aliphatic heterocycles. The second-order valence-corrected chi connectivity index (χ2v) is 9.46. The summed E-state index contributed by atoms with van der Waals surface area (Å²) >= 11 is 1.68. The Bertz CT molecular complexity index is 1180. The fourth-order valence-electron chi connectivity index (χ4n) is 5.11. The van der Waals surface area contributed by atoms with Crippen LogP contribution in [-0.4, -0.2) is 42.1 Å². The number of ether oxygens (including phenoxy) is 2. The van der Waals surface area contributed by atoms with E-state index in [0.29, 0.717) is 11.8 Å². The number of fused-ring (bicyclic) bond motifs is 4. The van der Waals surface area contributed by atoms with Crippen molar-refractivity contribution in [2.75, 3.05) is 20.2 Å². The first kappa shape index (κ1) is 21.0. The summed E-state index contributed by atoms with van der Waals surface area (Å²) < 4.78 is 11.4. The molecule has 0 radical (unpaired) electrons. The van der Waals surface area contributed by atoms with Crippen LogP contribution in [0.5, 0.6) is 5.75 Å². The number of aromatic nitrogens is 1. The van der Waals surface area contributed by atoms with E-state index in [4.69, 9.17) is 9.47 Å². The fraction of sp³-hybridized carbons (Fsp3) is 0.385. The molecule has 6 heteroatoms. The van der Waals surface area contributed by atoms with Gasteiger partial charge in [0.2, 0.25) is 0 Å². The van der Waals surface area contributed by atoms with E-state index in [1.807, 2.05) is 30.3 Å². The Labute approximate surface area is 192 Å². The summed E-state index contributed by atoms with van der Waals surface area (Å²) in [4.78, 5) is 20.2. The minimum Gasteiger partial charge on any atom is -0.497 e. The van der Waals surface area contributed by atoms with Crippen molar-refractivity contribution >= 4 is 28.2 Å². The Morgan fingerprint density at radius 1 is 1.31 bits per heavy atom. The molecule has 0 saturated carbocycles. The molecule has 0 aliphatic carbocycles. The highest BCUT2D eigenvalue weighted by molar-refractivity contribution is 7.10. The van der Waals surface area contributed by atoms with Crippen LogP contribution < -0.4 is 4.74 Å². The van der Waals surface area contributed by atoms with Crippen LogP contribution in [0.25, 0.3) is 10.9 Å². The summed E-state index contributed by atoms with van der Waals surface area (Å²) in [6.07, 6.45) is 3.55. The van der Waals surface area contributed by atoms with Gasteiger partial charge in [-0.3, -0.25) is 14.7 Å². The number of rotatable bonds is 4. The Hall–Kier alpha value is -2.88. The van der Waals surface area contributed by atoms with Crippen LogP contribution in [0.15, 0.2) is 48.0 Å². The monoisotopic (exact) mass is 446 g/mol. The maximum Gasteiger partial charge on any atom is 0.303 e. The van der Waals surface area contributed by atoms with Crippen molar-refractivity contribution in [3.05, 3.63) is 58.4 Å². The number of nitrogens with zero attached hydrogens (tertiary/aromatic N) is 2. The third-order valence-electron chi connectivity index (χ3n) is 6.63. The van der Waals surface area contributed by atoms with E-state index in [1.165, 1.54) is 6.92 Å². The molecule has 1 aromatic carbocycles. The van der Waals surface area contributed by atoms with Crippen LogP contribution >= 0.6 is 11.3 Å². The number of esters is 1. The van der Waals surface area contributed by atoms with Crippen molar-refractivity contribution in [1.82, 2.24) is 9.88 Å². The molecular formula is C26H26N2O3S. The molecule has 2 bridgehead atoms. The van der Waals surface area contributed by atoms with Gasteiger partial charge in [0.1, 0.15) is 11.9 Å². The normalized spacial score (nSPS) is 25.1. The van der Waals surface area contributed by atoms with Gasteiger partial charge in [-0.05, 0) is 61.0 Å². The van der Waals surface area contributed by atoms with Crippen molar-refractivity contribution in [1.29, 1.82) is 0 Å². The van der Waals surface area contributed by atoms with Crippen LogP contribution in [-0.2, 0) is 9.53 Å². The summed E-state index contributed by atoms with van der Waals surface area (Å²) in [7, 11) is 1.66. The highest BCUT2D eigenvalue weighted by Gasteiger charge is 2.44. The second-order valence-electron chi connectivity index (χ2n) is 8.51. The zero-order valence-electron chi connectivity index (χ0n) is 18.3. The first-order valence-electron chi connectivity index (χ1n) is 11.0. The highest BCUT2D eigenvalue weighted by atomic mass is 32.1. The van der Waals surface area contributed by atoms with Crippen molar-refractivity contribution in [2.24, 2.45) is 11.8 Å². The van der Waals surface area contributed by atoms with Gasteiger partial charge in [0.15, 0.2) is 0 Å². The second kappa shape index (κ2) is 8.93. The summed E-state index contributed by atoms with van der Waals surface area (Å²) in [6, 6.07) is 12.1. The summed E-state index contributed by atoms with van der Waals surface area (Å²) in [5, 5.41) is 3.03. The van der Waals surface area contributed by atoms with Crippen molar-refractivity contribution in [3.8, 4) is 17.6 Å². The van der Waals surface area contributed by atoms with Crippen molar-refractivity contribution < 1.29 is 14.3 Å². The topological polar surface area (TPSA) is 51.7 Å². The Balaban J connectivity index is 1.47. The maximum atomic E-state index is 12.1. The van der Waals surface area contributed by atoms with E-state index in [9.17, 15) is 4.79 Å². The van der Waals surface area contributed by atoms with E-state index in [-0.39, 0.29) is 18.1 Å². The van der Waals surface area contributed by atoms with E-state index in [0.717, 1.165) is 53.0 Å². The lowest BCUT2D eigenvalue weighted by molar-refractivity contribution is -0.154. The smallest absolute Gasteiger partial charge is 0.303 e. The molecule has 5 atom stereocenters. The molecule has 6 rings (SSSR count). The number of carbonyl (C=O) groups is 1. The number of hydrogen-bond donors (Lipinski definition) is 0. The average molecular weight is 447 g/mol. The molecular weight excluding hydrogens is 420 g/mol. The molecule has 1 unspecified atom stereocenters. The van der Waals surface area contributed by atoms with Gasteiger partial charge < -0.3 is 9.47 Å². The van der Waals surface area contributed by atoms with E-state index < -0.39 is 0 Å². The molecule has 164 valence electrons. The molecule has 3 saturated heterocycles. The first-order valence-corrected chi connectivity index (χ1v) is 11.9. The number of pyridine rings is 1. The molecule has 0 N–H and O–H groups in total. The summed E-state index contributed by atoms with van der Waals surface area (Å²) in [5.74, 6) is 8.25. The lowest BCUT2D eigenvalue weighted by Gasteiger charge is -2.50. The van der Waals surface area contributed by atoms with Crippen LogP contribution in [0.1, 0.15) is 36.3 Å². The summed E-state index contributed by atoms with van der Waals surface area (Å²) in [5.41, 5.74) is 1.86. The van der Waals surface area contributed by atoms with Crippen molar-refractivity contribution in [2.45, 2.75) is 31.9 Å². The van der Waals surface area contributed by atoms with Crippen LogP contribution in [0, 0.1) is 23.7 Å². The number of methoxy groups -OCH3 is 1. The van der Waals surface area contributed by atoms with E-state index in [2.05, 4.69) is 33.2 Å². The molecule has 32 heavy (non-hydrogen) atoms. The molecule has 0 spiro atoms. The molecule has 5 heterocycles. The maximum absolute atomic E-state index is 12.1. The predicted octanol–water partition coefficient (Wildman–Crippen LogP) is 4.67. The molecule has 3 fully saturated rings. The molecule has 3 aromatic rings. The van der Waals surface area contributed by atoms with Gasteiger partial charge in [0.25, 0.3) is 0 Å². The Morgan fingerprint density at radius 3 is 2.94 bits per heavy atom. The molecule has 5 nitrogen and oxygen atoms in total. The summed E-state index contributed by atoms with van der Waals surface area (Å²) in [6.45, 7) is 3.41. The third-order valence-corrected chi connectivity index (χ3v) is 7.42. The molecule has 2 aromatic heterocycles. The Morgan fingerprint density at radius 2 is 2.22 bits per heavy atom. The van der Waals surface area contributed by atoms with Gasteiger partial charge in [0, 0.05) is 36.5 Å². The quantitative estimate of drug-likeness (QED) is 0.431. The average Bonchev–Trinajstić information content (AvgIpc) is 3.34. The number of benzene rings is 1. The Kier molecular flexibility index (Phi) is 5.86.